The first kappa shape index (κ1) is 27.1. The van der Waals surface area contributed by atoms with Gasteiger partial charge in [0.15, 0.2) is 0 Å². The van der Waals surface area contributed by atoms with Gasteiger partial charge in [-0.15, -0.1) is 0 Å². The van der Waals surface area contributed by atoms with Crippen LogP contribution in [0.15, 0.2) is 53.0 Å². The number of hydrogen-bond donors (Lipinski definition) is 1. The van der Waals surface area contributed by atoms with Crippen LogP contribution in [0.5, 0.6) is 0 Å². The van der Waals surface area contributed by atoms with Gasteiger partial charge in [-0.05, 0) is 69.7 Å². The van der Waals surface area contributed by atoms with E-state index in [1.807, 2.05) is 45.0 Å². The zero-order valence-corrected chi connectivity index (χ0v) is 22.5. The Hall–Kier alpha value is -2.10. The summed E-state index contributed by atoms with van der Waals surface area (Å²) in [7, 11) is -3.78. The number of sulfonamides is 1. The van der Waals surface area contributed by atoms with Crippen molar-refractivity contribution >= 4 is 55.1 Å². The third-order valence-electron chi connectivity index (χ3n) is 4.73. The SMILES string of the molecule is C[C@H](C(=O)NC(C)(C)C)N(Cc1ccc(Br)cc1)C(=O)CN(c1ccc(Cl)cc1)S(C)(=O)=O. The van der Waals surface area contributed by atoms with Crippen molar-refractivity contribution in [3.8, 4) is 0 Å². The second kappa shape index (κ2) is 10.9. The zero-order chi connectivity index (χ0) is 25.0. The monoisotopic (exact) mass is 557 g/mol. The fourth-order valence-electron chi connectivity index (χ4n) is 3.06. The van der Waals surface area contributed by atoms with E-state index in [1.54, 1.807) is 19.1 Å². The highest BCUT2D eigenvalue weighted by atomic mass is 79.9. The maximum atomic E-state index is 13.4. The molecule has 0 aliphatic carbocycles. The Kier molecular flexibility index (Phi) is 8.95. The van der Waals surface area contributed by atoms with Crippen LogP contribution in [0.4, 0.5) is 5.69 Å². The second-order valence-corrected chi connectivity index (χ2v) is 12.1. The van der Waals surface area contributed by atoms with Gasteiger partial charge in [-0.1, -0.05) is 39.7 Å². The molecule has 2 amide bonds. The molecule has 1 atom stereocenters. The summed E-state index contributed by atoms with van der Waals surface area (Å²) < 4.78 is 26.9. The number of carbonyl (C=O) groups excluding carboxylic acids is 2. The van der Waals surface area contributed by atoms with Gasteiger partial charge in [-0.25, -0.2) is 8.42 Å². The summed E-state index contributed by atoms with van der Waals surface area (Å²) in [6.07, 6.45) is 1.03. The Labute approximate surface area is 209 Å². The van der Waals surface area contributed by atoms with E-state index in [9.17, 15) is 18.0 Å². The van der Waals surface area contributed by atoms with Crippen LogP contribution in [0.3, 0.4) is 0 Å². The van der Waals surface area contributed by atoms with E-state index in [1.165, 1.54) is 17.0 Å². The smallest absolute Gasteiger partial charge is 0.244 e. The lowest BCUT2D eigenvalue weighted by Crippen LogP contribution is -2.54. The Morgan fingerprint density at radius 3 is 2.09 bits per heavy atom. The minimum Gasteiger partial charge on any atom is -0.350 e. The van der Waals surface area contributed by atoms with E-state index in [0.29, 0.717) is 10.7 Å². The molecule has 10 heteroatoms. The number of benzene rings is 2. The van der Waals surface area contributed by atoms with Crippen molar-refractivity contribution in [3.63, 3.8) is 0 Å². The Balaban J connectivity index is 2.38. The molecular formula is C23H29BrClN3O4S. The number of nitrogens with zero attached hydrogens (tertiary/aromatic N) is 2. The first-order valence-electron chi connectivity index (χ1n) is 10.3. The molecule has 2 aromatic rings. The molecule has 0 saturated carbocycles. The van der Waals surface area contributed by atoms with Gasteiger partial charge < -0.3 is 10.2 Å². The van der Waals surface area contributed by atoms with Crippen molar-refractivity contribution in [2.45, 2.75) is 45.8 Å². The number of hydrogen-bond acceptors (Lipinski definition) is 4. The number of nitrogens with one attached hydrogen (secondary N) is 1. The lowest BCUT2D eigenvalue weighted by Gasteiger charge is -2.33. The fourth-order valence-corrected chi connectivity index (χ4v) is 4.30. The fraction of sp³-hybridized carbons (Fsp3) is 0.391. The average molecular weight is 559 g/mol. The molecule has 0 fully saturated rings. The molecule has 7 nitrogen and oxygen atoms in total. The second-order valence-electron chi connectivity index (χ2n) is 8.81. The van der Waals surface area contributed by atoms with Crippen LogP contribution >= 0.6 is 27.5 Å². The molecular weight excluding hydrogens is 530 g/mol. The number of rotatable bonds is 8. The van der Waals surface area contributed by atoms with Crippen molar-refractivity contribution in [1.82, 2.24) is 10.2 Å². The molecule has 2 aromatic carbocycles. The first-order chi connectivity index (χ1) is 15.2. The lowest BCUT2D eigenvalue weighted by atomic mass is 10.1. The summed E-state index contributed by atoms with van der Waals surface area (Å²) in [5.74, 6) is -0.833. The first-order valence-corrected chi connectivity index (χ1v) is 13.3. The molecule has 2 rings (SSSR count). The molecule has 0 radical (unpaired) electrons. The maximum Gasteiger partial charge on any atom is 0.244 e. The van der Waals surface area contributed by atoms with Crippen LogP contribution in [-0.4, -0.2) is 49.5 Å². The van der Waals surface area contributed by atoms with E-state index in [-0.39, 0.29) is 12.5 Å². The van der Waals surface area contributed by atoms with E-state index in [4.69, 9.17) is 11.6 Å². The Bertz CT molecular complexity index is 1080. The van der Waals surface area contributed by atoms with Gasteiger partial charge in [0.2, 0.25) is 21.8 Å². The van der Waals surface area contributed by atoms with E-state index >= 15 is 0 Å². The molecule has 0 aliphatic heterocycles. The summed E-state index contributed by atoms with van der Waals surface area (Å²) in [5.41, 5.74) is 0.629. The van der Waals surface area contributed by atoms with Crippen LogP contribution in [0.25, 0.3) is 0 Å². The van der Waals surface area contributed by atoms with Crippen molar-refractivity contribution in [2.75, 3.05) is 17.1 Å². The predicted octanol–water partition coefficient (Wildman–Crippen LogP) is 4.20. The minimum atomic E-state index is -3.78. The summed E-state index contributed by atoms with van der Waals surface area (Å²) in [6.45, 7) is 6.87. The van der Waals surface area contributed by atoms with E-state index in [0.717, 1.165) is 20.6 Å². The van der Waals surface area contributed by atoms with Crippen LogP contribution in [0.1, 0.15) is 33.3 Å². The van der Waals surface area contributed by atoms with Gasteiger partial charge in [0.25, 0.3) is 0 Å². The minimum absolute atomic E-state index is 0.142. The number of anilines is 1. The molecule has 0 heterocycles. The molecule has 33 heavy (non-hydrogen) atoms. The van der Waals surface area contributed by atoms with Crippen molar-refractivity contribution in [2.24, 2.45) is 0 Å². The number of carbonyl (C=O) groups is 2. The highest BCUT2D eigenvalue weighted by molar-refractivity contribution is 9.10. The quantitative estimate of drug-likeness (QED) is 0.526. The van der Waals surface area contributed by atoms with Gasteiger partial charge in [0.1, 0.15) is 12.6 Å². The van der Waals surface area contributed by atoms with Gasteiger partial charge in [0, 0.05) is 21.6 Å². The summed E-state index contributed by atoms with van der Waals surface area (Å²) in [5, 5.41) is 3.33. The standard InChI is InChI=1S/C23H29BrClN3O4S/c1-16(22(30)26-23(2,3)4)27(14-17-6-8-18(24)9-7-17)21(29)15-28(33(5,31)32)20-12-10-19(25)11-13-20/h6-13,16H,14-15H2,1-5H3,(H,26,30)/t16-/m1/s1. The van der Waals surface area contributed by atoms with Crippen LogP contribution < -0.4 is 9.62 Å². The van der Waals surface area contributed by atoms with Gasteiger partial charge >= 0.3 is 0 Å². The Morgan fingerprint density at radius 1 is 1.06 bits per heavy atom. The molecule has 0 unspecified atom stereocenters. The van der Waals surface area contributed by atoms with Crippen LogP contribution in [0, 0.1) is 0 Å². The highest BCUT2D eigenvalue weighted by Crippen LogP contribution is 2.22. The predicted molar refractivity (Wildman–Crippen MR) is 136 cm³/mol. The topological polar surface area (TPSA) is 86.8 Å². The van der Waals surface area contributed by atoms with E-state index < -0.39 is 34.1 Å². The lowest BCUT2D eigenvalue weighted by molar-refractivity contribution is -0.140. The summed E-state index contributed by atoms with van der Waals surface area (Å²) in [4.78, 5) is 27.7. The summed E-state index contributed by atoms with van der Waals surface area (Å²) in [6, 6.07) is 12.7. The molecule has 0 aliphatic rings. The van der Waals surface area contributed by atoms with Crippen molar-refractivity contribution < 1.29 is 18.0 Å². The van der Waals surface area contributed by atoms with Crippen LogP contribution in [-0.2, 0) is 26.2 Å². The summed E-state index contributed by atoms with van der Waals surface area (Å²) >= 11 is 9.31. The normalized spacial score (nSPS) is 12.7. The van der Waals surface area contributed by atoms with Crippen molar-refractivity contribution in [1.29, 1.82) is 0 Å². The van der Waals surface area contributed by atoms with Gasteiger partial charge in [-0.2, -0.15) is 0 Å². The molecule has 180 valence electrons. The third-order valence-corrected chi connectivity index (χ3v) is 6.65. The van der Waals surface area contributed by atoms with Gasteiger partial charge in [0.05, 0.1) is 11.9 Å². The molecule has 0 aromatic heterocycles. The number of halogens is 2. The average Bonchev–Trinajstić information content (AvgIpc) is 2.69. The molecule has 0 bridgehead atoms. The number of amides is 2. The van der Waals surface area contributed by atoms with Gasteiger partial charge in [-0.3, -0.25) is 13.9 Å². The van der Waals surface area contributed by atoms with E-state index in [2.05, 4.69) is 21.2 Å². The largest absolute Gasteiger partial charge is 0.350 e. The maximum absolute atomic E-state index is 13.4. The van der Waals surface area contributed by atoms with Crippen LogP contribution in [0.2, 0.25) is 5.02 Å². The molecule has 1 N–H and O–H groups in total. The highest BCUT2D eigenvalue weighted by Gasteiger charge is 2.31. The zero-order valence-electron chi connectivity index (χ0n) is 19.3. The van der Waals surface area contributed by atoms with Crippen molar-refractivity contribution in [3.05, 3.63) is 63.6 Å². The molecule has 0 saturated heterocycles. The molecule has 0 spiro atoms. The Morgan fingerprint density at radius 2 is 1.61 bits per heavy atom. The third kappa shape index (κ3) is 8.32.